The van der Waals surface area contributed by atoms with Crippen LogP contribution in [0.1, 0.15) is 30.9 Å². The Bertz CT molecular complexity index is 800. The number of rotatable bonds is 6. The summed E-state index contributed by atoms with van der Waals surface area (Å²) in [5.41, 5.74) is 8.63. The summed E-state index contributed by atoms with van der Waals surface area (Å²) in [6.07, 6.45) is 0.655. The first-order chi connectivity index (χ1) is 11.7. The van der Waals surface area contributed by atoms with Crippen LogP contribution in [0.5, 0.6) is 5.75 Å². The highest BCUT2D eigenvalue weighted by molar-refractivity contribution is 5.85. The molecule has 5 nitrogen and oxygen atoms in total. The van der Waals surface area contributed by atoms with Crippen LogP contribution in [0.25, 0.3) is 11.4 Å². The zero-order valence-corrected chi connectivity index (χ0v) is 15.1. The second-order valence-corrected chi connectivity index (χ2v) is 5.86. The lowest BCUT2D eigenvalue weighted by Gasteiger charge is -2.12. The summed E-state index contributed by atoms with van der Waals surface area (Å²) in [4.78, 5) is 4.49. The minimum Gasteiger partial charge on any atom is -0.491 e. The number of para-hydroxylation sites is 1. The fraction of sp³-hybridized carbons (Fsp3) is 0.263. The maximum atomic E-state index is 5.83. The van der Waals surface area contributed by atoms with Gasteiger partial charge in [-0.05, 0) is 25.5 Å². The zero-order valence-electron chi connectivity index (χ0n) is 14.3. The van der Waals surface area contributed by atoms with Crippen LogP contribution in [0.15, 0.2) is 53.1 Å². The fourth-order valence-electron chi connectivity index (χ4n) is 2.42. The number of hydrogen-bond acceptors (Lipinski definition) is 5. The van der Waals surface area contributed by atoms with E-state index in [-0.39, 0.29) is 18.5 Å². The topological polar surface area (TPSA) is 74.2 Å². The SMILES string of the molecule is CC(C)Oc1ccccc1Cc1nc(-c2ccc(CN)cc2)no1.Cl. The van der Waals surface area contributed by atoms with Crippen LogP contribution in [-0.4, -0.2) is 16.2 Å². The molecule has 3 aromatic rings. The molecule has 0 fully saturated rings. The van der Waals surface area contributed by atoms with Gasteiger partial charge in [0.05, 0.1) is 12.5 Å². The van der Waals surface area contributed by atoms with Gasteiger partial charge in [0, 0.05) is 17.7 Å². The van der Waals surface area contributed by atoms with Crippen molar-refractivity contribution in [1.29, 1.82) is 0 Å². The molecule has 0 aliphatic heterocycles. The maximum Gasteiger partial charge on any atom is 0.231 e. The van der Waals surface area contributed by atoms with Crippen LogP contribution >= 0.6 is 12.4 Å². The summed E-state index contributed by atoms with van der Waals surface area (Å²) >= 11 is 0. The fourth-order valence-corrected chi connectivity index (χ4v) is 2.42. The Morgan fingerprint density at radius 1 is 1.08 bits per heavy atom. The molecule has 25 heavy (non-hydrogen) atoms. The summed E-state index contributed by atoms with van der Waals surface area (Å²) in [6, 6.07) is 15.7. The summed E-state index contributed by atoms with van der Waals surface area (Å²) in [6.45, 7) is 4.53. The Kier molecular flexibility index (Phi) is 6.56. The van der Waals surface area contributed by atoms with Gasteiger partial charge in [0.1, 0.15) is 5.75 Å². The van der Waals surface area contributed by atoms with E-state index in [1.807, 2.05) is 62.4 Å². The van der Waals surface area contributed by atoms with E-state index >= 15 is 0 Å². The van der Waals surface area contributed by atoms with Crippen molar-refractivity contribution in [3.05, 3.63) is 65.5 Å². The Morgan fingerprint density at radius 2 is 1.80 bits per heavy atom. The van der Waals surface area contributed by atoms with Gasteiger partial charge in [-0.1, -0.05) is 47.6 Å². The molecule has 132 valence electrons. The van der Waals surface area contributed by atoms with E-state index in [1.165, 1.54) is 0 Å². The molecule has 0 atom stereocenters. The summed E-state index contributed by atoms with van der Waals surface area (Å²) in [7, 11) is 0. The minimum absolute atomic E-state index is 0. The first kappa shape index (κ1) is 19.0. The molecular weight excluding hydrogens is 338 g/mol. The van der Waals surface area contributed by atoms with Gasteiger partial charge < -0.3 is 15.0 Å². The monoisotopic (exact) mass is 359 g/mol. The third-order valence-corrected chi connectivity index (χ3v) is 3.59. The van der Waals surface area contributed by atoms with E-state index in [4.69, 9.17) is 15.0 Å². The van der Waals surface area contributed by atoms with Crippen molar-refractivity contribution in [2.45, 2.75) is 32.9 Å². The van der Waals surface area contributed by atoms with Gasteiger partial charge in [-0.15, -0.1) is 12.4 Å². The lowest BCUT2D eigenvalue weighted by atomic mass is 10.1. The summed E-state index contributed by atoms with van der Waals surface area (Å²) < 4.78 is 11.2. The number of hydrogen-bond donors (Lipinski definition) is 1. The van der Waals surface area contributed by atoms with E-state index in [2.05, 4.69) is 10.1 Å². The van der Waals surface area contributed by atoms with Crippen LogP contribution in [-0.2, 0) is 13.0 Å². The standard InChI is InChI=1S/C19H21N3O2.ClH/c1-13(2)23-17-6-4-3-5-16(17)11-18-21-19(22-24-18)15-9-7-14(12-20)8-10-15;/h3-10,13H,11-12,20H2,1-2H3;1H. The quantitative estimate of drug-likeness (QED) is 0.720. The smallest absolute Gasteiger partial charge is 0.231 e. The molecule has 6 heteroatoms. The van der Waals surface area contributed by atoms with E-state index < -0.39 is 0 Å². The molecule has 0 amide bonds. The molecule has 0 saturated heterocycles. The second kappa shape index (κ2) is 8.65. The predicted octanol–water partition coefficient (Wildman–Crippen LogP) is 4.00. The Labute approximate surface area is 153 Å². The molecule has 0 aliphatic carbocycles. The molecule has 0 bridgehead atoms. The second-order valence-electron chi connectivity index (χ2n) is 5.86. The molecule has 0 aliphatic rings. The number of nitrogens with zero attached hydrogens (tertiary/aromatic N) is 2. The third kappa shape index (κ3) is 4.81. The van der Waals surface area contributed by atoms with E-state index in [9.17, 15) is 0 Å². The highest BCUT2D eigenvalue weighted by Crippen LogP contribution is 2.23. The molecule has 0 unspecified atom stereocenters. The molecule has 1 heterocycles. The zero-order chi connectivity index (χ0) is 16.9. The molecule has 0 saturated carbocycles. The molecular formula is C19H22ClN3O2. The Balaban J connectivity index is 0.00000225. The average Bonchev–Trinajstić information content (AvgIpc) is 3.05. The van der Waals surface area contributed by atoms with Crippen LogP contribution in [0.4, 0.5) is 0 Å². The number of halogens is 1. The Hall–Kier alpha value is -2.37. The first-order valence-electron chi connectivity index (χ1n) is 8.02. The molecule has 0 radical (unpaired) electrons. The lowest BCUT2D eigenvalue weighted by Crippen LogP contribution is -2.07. The molecule has 0 spiro atoms. The van der Waals surface area contributed by atoms with Crippen molar-refractivity contribution in [3.8, 4) is 17.1 Å². The van der Waals surface area contributed by atoms with Crippen LogP contribution in [0.2, 0.25) is 0 Å². The van der Waals surface area contributed by atoms with Gasteiger partial charge in [-0.25, -0.2) is 0 Å². The summed E-state index contributed by atoms with van der Waals surface area (Å²) in [5, 5.41) is 4.07. The van der Waals surface area contributed by atoms with Gasteiger partial charge in [-0.2, -0.15) is 4.98 Å². The van der Waals surface area contributed by atoms with E-state index in [0.717, 1.165) is 22.4 Å². The first-order valence-corrected chi connectivity index (χ1v) is 8.02. The molecule has 3 rings (SSSR count). The van der Waals surface area contributed by atoms with Crippen molar-refractivity contribution in [3.63, 3.8) is 0 Å². The largest absolute Gasteiger partial charge is 0.491 e. The molecule has 2 N–H and O–H groups in total. The Morgan fingerprint density at radius 3 is 2.48 bits per heavy atom. The van der Waals surface area contributed by atoms with Gasteiger partial charge in [0.15, 0.2) is 0 Å². The van der Waals surface area contributed by atoms with Gasteiger partial charge in [0.25, 0.3) is 0 Å². The maximum absolute atomic E-state index is 5.83. The average molecular weight is 360 g/mol. The van der Waals surface area contributed by atoms with Crippen molar-refractivity contribution in [2.24, 2.45) is 5.73 Å². The van der Waals surface area contributed by atoms with E-state index in [1.54, 1.807) is 0 Å². The van der Waals surface area contributed by atoms with E-state index in [0.29, 0.717) is 24.7 Å². The van der Waals surface area contributed by atoms with Crippen molar-refractivity contribution >= 4 is 12.4 Å². The van der Waals surface area contributed by atoms with Crippen molar-refractivity contribution < 1.29 is 9.26 Å². The van der Waals surface area contributed by atoms with Crippen molar-refractivity contribution in [2.75, 3.05) is 0 Å². The number of nitrogens with two attached hydrogens (primary N) is 1. The van der Waals surface area contributed by atoms with Crippen LogP contribution in [0, 0.1) is 0 Å². The highest BCUT2D eigenvalue weighted by Gasteiger charge is 2.12. The third-order valence-electron chi connectivity index (χ3n) is 3.59. The number of ether oxygens (including phenoxy) is 1. The van der Waals surface area contributed by atoms with Gasteiger partial charge in [0.2, 0.25) is 11.7 Å². The van der Waals surface area contributed by atoms with Gasteiger partial charge >= 0.3 is 0 Å². The van der Waals surface area contributed by atoms with Gasteiger partial charge in [-0.3, -0.25) is 0 Å². The normalized spacial score (nSPS) is 10.6. The van der Waals surface area contributed by atoms with Crippen LogP contribution in [0.3, 0.4) is 0 Å². The highest BCUT2D eigenvalue weighted by atomic mass is 35.5. The van der Waals surface area contributed by atoms with Crippen LogP contribution < -0.4 is 10.5 Å². The summed E-state index contributed by atoms with van der Waals surface area (Å²) in [5.74, 6) is 1.99. The lowest BCUT2D eigenvalue weighted by molar-refractivity contribution is 0.239. The molecule has 1 aromatic heterocycles. The number of benzene rings is 2. The molecule has 2 aromatic carbocycles. The minimum atomic E-state index is 0. The van der Waals surface area contributed by atoms with Crippen molar-refractivity contribution in [1.82, 2.24) is 10.1 Å². The predicted molar refractivity (Wildman–Crippen MR) is 99.9 cm³/mol. The number of aromatic nitrogens is 2.